The van der Waals surface area contributed by atoms with Crippen molar-refractivity contribution in [2.45, 2.75) is 32.2 Å². The van der Waals surface area contributed by atoms with E-state index in [0.717, 1.165) is 37.4 Å². The van der Waals surface area contributed by atoms with Crippen molar-refractivity contribution in [3.05, 3.63) is 24.3 Å². The molecule has 0 spiro atoms. The van der Waals surface area contributed by atoms with Gasteiger partial charge in [0.15, 0.2) is 0 Å². The lowest BCUT2D eigenvalue weighted by Crippen LogP contribution is -2.51. The molecule has 0 aromatic heterocycles. The van der Waals surface area contributed by atoms with Crippen LogP contribution >= 0.6 is 0 Å². The summed E-state index contributed by atoms with van der Waals surface area (Å²) in [5.41, 5.74) is 0.249. The molecule has 7 nitrogen and oxygen atoms in total. The van der Waals surface area contributed by atoms with Crippen molar-refractivity contribution in [1.82, 2.24) is 10.2 Å². The van der Waals surface area contributed by atoms with E-state index in [9.17, 15) is 14.7 Å². The van der Waals surface area contributed by atoms with Crippen molar-refractivity contribution >= 4 is 17.7 Å². The zero-order valence-corrected chi connectivity index (χ0v) is 15.4. The number of carbonyl (C=O) groups excluding carboxylic acids is 1. The second-order valence-corrected chi connectivity index (χ2v) is 7.47. The van der Waals surface area contributed by atoms with Crippen LogP contribution in [0.3, 0.4) is 0 Å². The lowest BCUT2D eigenvalue weighted by Gasteiger charge is -2.35. The fraction of sp³-hybridized carbons (Fsp3) is 0.579. The van der Waals surface area contributed by atoms with E-state index in [2.05, 4.69) is 10.2 Å². The first-order valence-corrected chi connectivity index (χ1v) is 9.09. The number of anilines is 1. The summed E-state index contributed by atoms with van der Waals surface area (Å²) in [6, 6.07) is 7.83. The number of ether oxygens (including phenoxy) is 1. The minimum Gasteiger partial charge on any atom is -0.497 e. The van der Waals surface area contributed by atoms with Gasteiger partial charge in [0.2, 0.25) is 0 Å². The van der Waals surface area contributed by atoms with Crippen molar-refractivity contribution in [2.75, 3.05) is 38.2 Å². The number of amides is 2. The number of methoxy groups -OCH3 is 1. The van der Waals surface area contributed by atoms with Gasteiger partial charge in [0.1, 0.15) is 5.75 Å². The van der Waals surface area contributed by atoms with Crippen molar-refractivity contribution in [1.29, 1.82) is 0 Å². The van der Waals surface area contributed by atoms with E-state index in [0.29, 0.717) is 13.0 Å². The molecule has 2 heterocycles. The predicted octanol–water partition coefficient (Wildman–Crippen LogP) is 2.17. The van der Waals surface area contributed by atoms with Crippen molar-refractivity contribution < 1.29 is 19.4 Å². The van der Waals surface area contributed by atoms with Crippen LogP contribution in [-0.4, -0.2) is 61.3 Å². The van der Waals surface area contributed by atoms with Crippen LogP contribution in [0.1, 0.15) is 26.2 Å². The highest BCUT2D eigenvalue weighted by atomic mass is 16.5. The number of likely N-dealkylation sites (tertiary alicyclic amines) is 1. The standard InChI is InChI=1S/C19H27N3O4/c1-19(17(23)24)8-10-22(13-19)18(25)20-14-5-4-9-21(12-14)15-6-3-7-16(11-15)26-2/h3,6-7,11,14H,4-5,8-10,12-13H2,1-2H3,(H,20,25)(H,23,24). The number of piperidine rings is 1. The van der Waals surface area contributed by atoms with Crippen LogP contribution in [0.5, 0.6) is 5.75 Å². The summed E-state index contributed by atoms with van der Waals surface area (Å²) in [6.07, 6.45) is 2.42. The second kappa shape index (κ2) is 7.43. The number of urea groups is 1. The van der Waals surface area contributed by atoms with E-state index in [1.54, 1.807) is 18.9 Å². The van der Waals surface area contributed by atoms with Gasteiger partial charge < -0.3 is 25.0 Å². The van der Waals surface area contributed by atoms with Crippen LogP contribution in [0, 0.1) is 5.41 Å². The van der Waals surface area contributed by atoms with Crippen LogP contribution in [0.2, 0.25) is 0 Å². The van der Waals surface area contributed by atoms with E-state index in [4.69, 9.17) is 4.74 Å². The van der Waals surface area contributed by atoms with Crippen LogP contribution in [0.4, 0.5) is 10.5 Å². The first kappa shape index (κ1) is 18.4. The number of nitrogens with zero attached hydrogens (tertiary/aromatic N) is 2. The summed E-state index contributed by atoms with van der Waals surface area (Å²) in [7, 11) is 1.65. The van der Waals surface area contributed by atoms with Gasteiger partial charge in [0.25, 0.3) is 0 Å². The van der Waals surface area contributed by atoms with Gasteiger partial charge in [-0.2, -0.15) is 0 Å². The molecule has 2 unspecified atom stereocenters. The molecule has 2 aliphatic heterocycles. The zero-order chi connectivity index (χ0) is 18.7. The van der Waals surface area contributed by atoms with Gasteiger partial charge in [-0.1, -0.05) is 6.07 Å². The summed E-state index contributed by atoms with van der Waals surface area (Å²) >= 11 is 0. The Morgan fingerprint density at radius 2 is 2.15 bits per heavy atom. The Morgan fingerprint density at radius 3 is 2.85 bits per heavy atom. The molecule has 142 valence electrons. The average Bonchev–Trinajstić information content (AvgIpc) is 3.06. The molecule has 1 aromatic rings. The average molecular weight is 361 g/mol. The fourth-order valence-electron chi connectivity index (χ4n) is 3.71. The number of carbonyl (C=O) groups is 2. The molecule has 0 saturated carbocycles. The highest BCUT2D eigenvalue weighted by Crippen LogP contribution is 2.30. The predicted molar refractivity (Wildman–Crippen MR) is 98.7 cm³/mol. The maximum absolute atomic E-state index is 12.6. The molecule has 26 heavy (non-hydrogen) atoms. The molecule has 2 aliphatic rings. The molecule has 2 N–H and O–H groups in total. The lowest BCUT2D eigenvalue weighted by molar-refractivity contribution is -0.147. The Hall–Kier alpha value is -2.44. The molecule has 0 radical (unpaired) electrons. The molecule has 0 bridgehead atoms. The van der Waals surface area contributed by atoms with E-state index >= 15 is 0 Å². The number of hydrogen-bond acceptors (Lipinski definition) is 4. The molecule has 0 aliphatic carbocycles. The topological polar surface area (TPSA) is 82.1 Å². The van der Waals surface area contributed by atoms with Crippen LogP contribution < -0.4 is 15.0 Å². The largest absolute Gasteiger partial charge is 0.497 e. The molecular weight excluding hydrogens is 334 g/mol. The minimum absolute atomic E-state index is 0.0548. The third-order valence-corrected chi connectivity index (χ3v) is 5.44. The smallest absolute Gasteiger partial charge is 0.317 e. The van der Waals surface area contributed by atoms with E-state index in [1.807, 2.05) is 24.3 Å². The van der Waals surface area contributed by atoms with Gasteiger partial charge in [0, 0.05) is 44.0 Å². The zero-order valence-electron chi connectivity index (χ0n) is 15.4. The third-order valence-electron chi connectivity index (χ3n) is 5.44. The van der Waals surface area contributed by atoms with Gasteiger partial charge in [-0.15, -0.1) is 0 Å². The Labute approximate surface area is 153 Å². The maximum atomic E-state index is 12.6. The summed E-state index contributed by atoms with van der Waals surface area (Å²) in [5, 5.41) is 12.4. The quantitative estimate of drug-likeness (QED) is 0.859. The Bertz CT molecular complexity index is 681. The first-order valence-electron chi connectivity index (χ1n) is 9.09. The van der Waals surface area contributed by atoms with Crippen molar-refractivity contribution in [3.8, 4) is 5.75 Å². The van der Waals surface area contributed by atoms with Gasteiger partial charge in [-0.3, -0.25) is 4.79 Å². The normalized spacial score (nSPS) is 25.8. The number of nitrogens with one attached hydrogen (secondary N) is 1. The number of rotatable bonds is 4. The first-order chi connectivity index (χ1) is 12.4. The Kier molecular flexibility index (Phi) is 5.25. The Balaban J connectivity index is 1.58. The number of aliphatic carboxylic acids is 1. The van der Waals surface area contributed by atoms with Crippen LogP contribution in [0.25, 0.3) is 0 Å². The molecule has 2 fully saturated rings. The summed E-state index contributed by atoms with van der Waals surface area (Å²) in [6.45, 7) is 4.14. The molecule has 1 aromatic carbocycles. The highest BCUT2D eigenvalue weighted by molar-refractivity contribution is 5.79. The van der Waals surface area contributed by atoms with Crippen molar-refractivity contribution in [3.63, 3.8) is 0 Å². The molecule has 2 amide bonds. The van der Waals surface area contributed by atoms with Crippen molar-refractivity contribution in [2.24, 2.45) is 5.41 Å². The number of hydrogen-bond donors (Lipinski definition) is 2. The summed E-state index contributed by atoms with van der Waals surface area (Å²) in [5.74, 6) is -0.0200. The van der Waals surface area contributed by atoms with Gasteiger partial charge >= 0.3 is 12.0 Å². The van der Waals surface area contributed by atoms with E-state index < -0.39 is 11.4 Å². The fourth-order valence-corrected chi connectivity index (χ4v) is 3.71. The highest BCUT2D eigenvalue weighted by Gasteiger charge is 2.42. The lowest BCUT2D eigenvalue weighted by atomic mass is 9.90. The molecule has 2 atom stereocenters. The molecule has 3 rings (SSSR count). The van der Waals surface area contributed by atoms with Gasteiger partial charge in [-0.25, -0.2) is 4.79 Å². The summed E-state index contributed by atoms with van der Waals surface area (Å²) < 4.78 is 5.29. The molecular formula is C19H27N3O4. The maximum Gasteiger partial charge on any atom is 0.317 e. The van der Waals surface area contributed by atoms with E-state index in [-0.39, 0.29) is 18.6 Å². The van der Waals surface area contributed by atoms with E-state index in [1.165, 1.54) is 0 Å². The SMILES string of the molecule is COc1cccc(N2CCCC(NC(=O)N3CCC(C)(C(=O)O)C3)C2)c1. The van der Waals surface area contributed by atoms with Crippen LogP contribution in [0.15, 0.2) is 24.3 Å². The number of carboxylic acids is 1. The van der Waals surface area contributed by atoms with Gasteiger partial charge in [-0.05, 0) is 38.3 Å². The number of carboxylic acid groups (broad SMARTS) is 1. The molecule has 7 heteroatoms. The Morgan fingerprint density at radius 1 is 1.35 bits per heavy atom. The van der Waals surface area contributed by atoms with Gasteiger partial charge in [0.05, 0.1) is 12.5 Å². The minimum atomic E-state index is -0.838. The third kappa shape index (κ3) is 3.86. The monoisotopic (exact) mass is 361 g/mol. The van der Waals surface area contributed by atoms with Crippen LogP contribution in [-0.2, 0) is 4.79 Å². The second-order valence-electron chi connectivity index (χ2n) is 7.47. The summed E-state index contributed by atoms with van der Waals surface area (Å²) in [4.78, 5) is 27.8. The number of benzene rings is 1. The molecule has 2 saturated heterocycles.